The van der Waals surface area contributed by atoms with Crippen molar-refractivity contribution in [1.82, 2.24) is 0 Å². The Morgan fingerprint density at radius 2 is 1.95 bits per heavy atom. The molecule has 1 saturated carbocycles. The normalized spacial score (nSPS) is 27.0. The van der Waals surface area contributed by atoms with Crippen molar-refractivity contribution in [2.45, 2.75) is 31.3 Å². The van der Waals surface area contributed by atoms with Gasteiger partial charge in [0, 0.05) is 18.2 Å². The molecule has 0 aromatic heterocycles. The van der Waals surface area contributed by atoms with Crippen LogP contribution < -0.4 is 11.1 Å². The number of nitrogens with one attached hydrogen (secondary N) is 1. The van der Waals surface area contributed by atoms with Gasteiger partial charge < -0.3 is 16.2 Å². The Hall–Kier alpha value is -1.46. The lowest BCUT2D eigenvalue weighted by atomic mass is 9.78. The molecular formula is C14H19FN2O2. The summed E-state index contributed by atoms with van der Waals surface area (Å²) in [5.41, 5.74) is 5.29. The summed E-state index contributed by atoms with van der Waals surface area (Å²) in [6.45, 7) is 0.235. The molecule has 0 unspecified atom stereocenters. The van der Waals surface area contributed by atoms with Crippen LogP contribution in [-0.4, -0.2) is 23.2 Å². The summed E-state index contributed by atoms with van der Waals surface area (Å²) in [4.78, 5) is 12.0. The van der Waals surface area contributed by atoms with E-state index in [2.05, 4.69) is 5.32 Å². The van der Waals surface area contributed by atoms with Crippen LogP contribution in [0.2, 0.25) is 0 Å². The minimum Gasteiger partial charge on any atom is -0.389 e. The first-order valence-corrected chi connectivity index (χ1v) is 6.51. The molecule has 19 heavy (non-hydrogen) atoms. The fraction of sp³-hybridized carbons (Fsp3) is 0.500. The van der Waals surface area contributed by atoms with E-state index in [1.54, 1.807) is 0 Å². The molecule has 1 aromatic carbocycles. The first-order valence-electron chi connectivity index (χ1n) is 6.51. The van der Waals surface area contributed by atoms with E-state index in [0.717, 1.165) is 0 Å². The molecule has 2 rings (SSSR count). The number of nitrogens with two attached hydrogens (primary N) is 1. The van der Waals surface area contributed by atoms with Crippen molar-refractivity contribution in [2.75, 3.05) is 11.9 Å². The van der Waals surface area contributed by atoms with Crippen LogP contribution in [0.15, 0.2) is 24.3 Å². The molecule has 0 saturated heterocycles. The third-order valence-electron chi connectivity index (χ3n) is 3.78. The molecule has 1 amide bonds. The van der Waals surface area contributed by atoms with Gasteiger partial charge in [0.1, 0.15) is 5.82 Å². The maximum Gasteiger partial charge on any atom is 0.227 e. The van der Waals surface area contributed by atoms with Crippen molar-refractivity contribution in [2.24, 2.45) is 11.7 Å². The molecule has 1 aromatic rings. The van der Waals surface area contributed by atoms with Crippen LogP contribution in [0.4, 0.5) is 10.1 Å². The molecule has 1 aliphatic carbocycles. The maximum atomic E-state index is 12.8. The van der Waals surface area contributed by atoms with Crippen molar-refractivity contribution in [1.29, 1.82) is 0 Å². The third kappa shape index (κ3) is 3.52. The summed E-state index contributed by atoms with van der Waals surface area (Å²) in [5, 5.41) is 12.8. The zero-order valence-electron chi connectivity index (χ0n) is 10.7. The highest BCUT2D eigenvalue weighted by Crippen LogP contribution is 2.32. The van der Waals surface area contributed by atoms with Crippen LogP contribution in [0.25, 0.3) is 0 Å². The predicted octanol–water partition coefficient (Wildman–Crippen LogP) is 1.64. The predicted molar refractivity (Wildman–Crippen MR) is 71.0 cm³/mol. The van der Waals surface area contributed by atoms with Crippen LogP contribution in [-0.2, 0) is 4.79 Å². The van der Waals surface area contributed by atoms with Gasteiger partial charge in [0.15, 0.2) is 0 Å². The standard InChI is InChI=1S/C14H19FN2O2/c15-11-1-3-12(4-2-11)17-13(18)10-5-7-14(19,9-16)8-6-10/h1-4,10,19H,5-9,16H2,(H,17,18). The van der Waals surface area contributed by atoms with E-state index in [4.69, 9.17) is 5.73 Å². The number of halogens is 1. The van der Waals surface area contributed by atoms with Gasteiger partial charge in [-0.2, -0.15) is 0 Å². The lowest BCUT2D eigenvalue weighted by molar-refractivity contribution is -0.122. The molecule has 4 N–H and O–H groups in total. The topological polar surface area (TPSA) is 75.3 Å². The van der Waals surface area contributed by atoms with Gasteiger partial charge >= 0.3 is 0 Å². The molecule has 0 bridgehead atoms. The van der Waals surface area contributed by atoms with Gasteiger partial charge in [0.2, 0.25) is 5.91 Å². The van der Waals surface area contributed by atoms with Crippen molar-refractivity contribution in [3.63, 3.8) is 0 Å². The number of hydrogen-bond donors (Lipinski definition) is 3. The zero-order chi connectivity index (χ0) is 13.9. The molecule has 1 aliphatic rings. The maximum absolute atomic E-state index is 12.8. The minimum atomic E-state index is -0.813. The van der Waals surface area contributed by atoms with Crippen LogP contribution in [0.5, 0.6) is 0 Å². The molecule has 1 fully saturated rings. The molecule has 0 spiro atoms. The third-order valence-corrected chi connectivity index (χ3v) is 3.78. The van der Waals surface area contributed by atoms with Crippen molar-refractivity contribution < 1.29 is 14.3 Å². The number of carbonyl (C=O) groups is 1. The van der Waals surface area contributed by atoms with Gasteiger partial charge in [0.25, 0.3) is 0 Å². The first-order chi connectivity index (χ1) is 9.02. The van der Waals surface area contributed by atoms with Gasteiger partial charge in [-0.05, 0) is 49.9 Å². The molecule has 0 atom stereocenters. The van der Waals surface area contributed by atoms with E-state index >= 15 is 0 Å². The molecular weight excluding hydrogens is 247 g/mol. The summed E-state index contributed by atoms with van der Waals surface area (Å²) in [5.74, 6) is -0.522. The Balaban J connectivity index is 1.89. The minimum absolute atomic E-state index is 0.0781. The zero-order valence-corrected chi connectivity index (χ0v) is 10.7. The molecule has 0 heterocycles. The largest absolute Gasteiger partial charge is 0.389 e. The Morgan fingerprint density at radius 3 is 2.47 bits per heavy atom. The second kappa shape index (κ2) is 5.67. The number of benzene rings is 1. The first kappa shape index (κ1) is 14.0. The highest BCUT2D eigenvalue weighted by Gasteiger charge is 2.34. The van der Waals surface area contributed by atoms with E-state index < -0.39 is 5.60 Å². The second-order valence-electron chi connectivity index (χ2n) is 5.20. The fourth-order valence-electron chi connectivity index (χ4n) is 2.40. The monoisotopic (exact) mass is 266 g/mol. The Morgan fingerprint density at radius 1 is 1.37 bits per heavy atom. The lowest BCUT2D eigenvalue weighted by Gasteiger charge is -2.34. The number of anilines is 1. The van der Waals surface area contributed by atoms with Crippen LogP contribution in [0.1, 0.15) is 25.7 Å². The van der Waals surface area contributed by atoms with Crippen LogP contribution >= 0.6 is 0 Å². The summed E-state index contributed by atoms with van der Waals surface area (Å²) in [7, 11) is 0. The summed E-state index contributed by atoms with van der Waals surface area (Å²) in [6.07, 6.45) is 2.34. The van der Waals surface area contributed by atoms with Crippen molar-refractivity contribution in [3.8, 4) is 0 Å². The number of hydrogen-bond acceptors (Lipinski definition) is 3. The van der Waals surface area contributed by atoms with Gasteiger partial charge in [0.05, 0.1) is 5.60 Å². The Bertz CT molecular complexity index is 439. The lowest BCUT2D eigenvalue weighted by Crippen LogP contribution is -2.43. The summed E-state index contributed by atoms with van der Waals surface area (Å²) >= 11 is 0. The highest BCUT2D eigenvalue weighted by atomic mass is 19.1. The molecule has 4 nitrogen and oxygen atoms in total. The summed E-state index contributed by atoms with van der Waals surface area (Å²) in [6, 6.07) is 5.69. The highest BCUT2D eigenvalue weighted by molar-refractivity contribution is 5.92. The van der Waals surface area contributed by atoms with E-state index in [0.29, 0.717) is 31.4 Å². The van der Waals surface area contributed by atoms with Crippen molar-refractivity contribution >= 4 is 11.6 Å². The van der Waals surface area contributed by atoms with Crippen LogP contribution in [0, 0.1) is 11.7 Å². The molecule has 0 radical (unpaired) electrons. The number of carbonyl (C=O) groups excluding carboxylic acids is 1. The van der Waals surface area contributed by atoms with E-state index in [9.17, 15) is 14.3 Å². The van der Waals surface area contributed by atoms with E-state index in [1.807, 2.05) is 0 Å². The number of rotatable bonds is 3. The number of aliphatic hydroxyl groups is 1. The van der Waals surface area contributed by atoms with Gasteiger partial charge in [-0.1, -0.05) is 0 Å². The van der Waals surface area contributed by atoms with E-state index in [-0.39, 0.29) is 24.2 Å². The average Bonchev–Trinajstić information content (AvgIpc) is 2.42. The number of amides is 1. The SMILES string of the molecule is NCC1(O)CCC(C(=O)Nc2ccc(F)cc2)CC1. The molecule has 5 heteroatoms. The smallest absolute Gasteiger partial charge is 0.227 e. The molecule has 0 aliphatic heterocycles. The Kier molecular flexibility index (Phi) is 4.17. The van der Waals surface area contributed by atoms with Crippen molar-refractivity contribution in [3.05, 3.63) is 30.1 Å². The quantitative estimate of drug-likeness (QED) is 0.778. The fourth-order valence-corrected chi connectivity index (χ4v) is 2.40. The van der Waals surface area contributed by atoms with Crippen LogP contribution in [0.3, 0.4) is 0 Å². The summed E-state index contributed by atoms with van der Waals surface area (Å²) < 4.78 is 12.8. The average molecular weight is 266 g/mol. The molecule has 104 valence electrons. The Labute approximate surface area is 111 Å². The van der Waals surface area contributed by atoms with Gasteiger partial charge in [-0.3, -0.25) is 4.79 Å². The van der Waals surface area contributed by atoms with Gasteiger partial charge in [-0.15, -0.1) is 0 Å². The second-order valence-corrected chi connectivity index (χ2v) is 5.20. The van der Waals surface area contributed by atoms with E-state index in [1.165, 1.54) is 24.3 Å². The van der Waals surface area contributed by atoms with Gasteiger partial charge in [-0.25, -0.2) is 4.39 Å².